The third kappa shape index (κ3) is 2.75. The van der Waals surface area contributed by atoms with E-state index in [0.717, 1.165) is 6.42 Å². The van der Waals surface area contributed by atoms with Gasteiger partial charge in [-0.05, 0) is 17.5 Å². The number of rotatable bonds is 1. The molecule has 66 valence electrons. The Morgan fingerprint density at radius 1 is 1.08 bits per heavy atom. The van der Waals surface area contributed by atoms with E-state index >= 15 is 0 Å². The topological polar surface area (TPSA) is 0 Å². The van der Waals surface area contributed by atoms with Gasteiger partial charge in [0, 0.05) is 0 Å². The first-order valence-corrected chi connectivity index (χ1v) is 4.36. The summed E-state index contributed by atoms with van der Waals surface area (Å²) in [6.45, 7) is 6.72. The minimum absolute atomic E-state index is 1.12. The maximum absolute atomic E-state index is 3.36. The lowest BCUT2D eigenvalue weighted by molar-refractivity contribution is 1.31. The summed E-state index contributed by atoms with van der Waals surface area (Å²) in [7, 11) is 0. The lowest BCUT2D eigenvalue weighted by atomic mass is 10.1. The van der Waals surface area contributed by atoms with Crippen LogP contribution in [0.15, 0.2) is 55.7 Å². The molecule has 0 spiro atoms. The molecule has 0 bridgehead atoms. The van der Waals surface area contributed by atoms with E-state index in [1.807, 2.05) is 0 Å². The molecule has 1 aromatic carbocycles. The first-order chi connectivity index (χ1) is 6.38. The van der Waals surface area contributed by atoms with E-state index < -0.39 is 0 Å². The van der Waals surface area contributed by atoms with Crippen LogP contribution in [0.5, 0.6) is 0 Å². The van der Waals surface area contributed by atoms with E-state index in [4.69, 9.17) is 0 Å². The molecule has 1 aliphatic carbocycles. The fourth-order valence-corrected chi connectivity index (χ4v) is 1.20. The largest absolute Gasteiger partial charge is 0.0991 e. The molecule has 0 aliphatic heterocycles. The van der Waals surface area contributed by atoms with Gasteiger partial charge < -0.3 is 0 Å². The average Bonchev–Trinajstić information content (AvgIpc) is 2.66. The molecule has 0 heterocycles. The van der Waals surface area contributed by atoms with Gasteiger partial charge in [0.1, 0.15) is 0 Å². The number of fused-ring (bicyclic) bond motifs is 1. The molecular formula is C13H14. The van der Waals surface area contributed by atoms with Crippen molar-refractivity contribution < 1.29 is 0 Å². The molecule has 0 aromatic heterocycles. The van der Waals surface area contributed by atoms with Crippen molar-refractivity contribution in [2.75, 3.05) is 0 Å². The van der Waals surface area contributed by atoms with E-state index in [1.54, 1.807) is 12.2 Å². The van der Waals surface area contributed by atoms with Crippen LogP contribution in [0.2, 0.25) is 0 Å². The monoisotopic (exact) mass is 170 g/mol. The van der Waals surface area contributed by atoms with Gasteiger partial charge in [-0.2, -0.15) is 0 Å². The SMILES string of the molecule is C1=Cc2ccccc2C1.C=CC=C. The van der Waals surface area contributed by atoms with Gasteiger partial charge >= 0.3 is 0 Å². The fourth-order valence-electron chi connectivity index (χ4n) is 1.20. The van der Waals surface area contributed by atoms with Crippen LogP contribution in [0.3, 0.4) is 0 Å². The van der Waals surface area contributed by atoms with Crippen molar-refractivity contribution in [1.29, 1.82) is 0 Å². The molecule has 1 aromatic rings. The van der Waals surface area contributed by atoms with Crippen molar-refractivity contribution in [3.05, 3.63) is 66.8 Å². The van der Waals surface area contributed by atoms with Crippen molar-refractivity contribution >= 4 is 6.08 Å². The quantitative estimate of drug-likeness (QED) is 0.565. The Bertz CT molecular complexity index is 313. The molecular weight excluding hydrogens is 156 g/mol. The maximum Gasteiger partial charge on any atom is -0.00882 e. The highest BCUT2D eigenvalue weighted by molar-refractivity contribution is 5.59. The molecule has 0 saturated heterocycles. The fraction of sp³-hybridized carbons (Fsp3) is 0.0769. The first-order valence-electron chi connectivity index (χ1n) is 4.36. The lowest BCUT2D eigenvalue weighted by Crippen LogP contribution is -1.76. The van der Waals surface area contributed by atoms with Crippen LogP contribution in [0, 0.1) is 0 Å². The lowest BCUT2D eigenvalue weighted by Gasteiger charge is -1.93. The van der Waals surface area contributed by atoms with E-state index in [9.17, 15) is 0 Å². The van der Waals surface area contributed by atoms with Crippen molar-refractivity contribution in [2.24, 2.45) is 0 Å². The van der Waals surface area contributed by atoms with Gasteiger partial charge in [0.2, 0.25) is 0 Å². The zero-order chi connectivity index (χ0) is 9.52. The summed E-state index contributed by atoms with van der Waals surface area (Å²) < 4.78 is 0. The molecule has 0 unspecified atom stereocenters. The Hall–Kier alpha value is -1.56. The Balaban J connectivity index is 0.000000184. The average molecular weight is 170 g/mol. The first kappa shape index (κ1) is 9.53. The van der Waals surface area contributed by atoms with Gasteiger partial charge in [-0.3, -0.25) is 0 Å². The normalized spacial score (nSPS) is 11.1. The van der Waals surface area contributed by atoms with Gasteiger partial charge in [0.05, 0.1) is 0 Å². The summed E-state index contributed by atoms with van der Waals surface area (Å²) in [4.78, 5) is 0. The van der Waals surface area contributed by atoms with Gasteiger partial charge in [0.25, 0.3) is 0 Å². The number of benzene rings is 1. The smallest absolute Gasteiger partial charge is 0.00882 e. The second kappa shape index (κ2) is 5.15. The minimum atomic E-state index is 1.12. The Morgan fingerprint density at radius 2 is 1.77 bits per heavy atom. The molecule has 0 saturated carbocycles. The second-order valence-corrected chi connectivity index (χ2v) is 2.78. The van der Waals surface area contributed by atoms with E-state index in [0.29, 0.717) is 0 Å². The van der Waals surface area contributed by atoms with Crippen LogP contribution < -0.4 is 0 Å². The van der Waals surface area contributed by atoms with Gasteiger partial charge in [-0.15, -0.1) is 0 Å². The highest BCUT2D eigenvalue weighted by Crippen LogP contribution is 2.17. The van der Waals surface area contributed by atoms with Crippen LogP contribution in [-0.2, 0) is 6.42 Å². The van der Waals surface area contributed by atoms with Gasteiger partial charge in [0.15, 0.2) is 0 Å². The molecule has 0 heteroatoms. The molecule has 0 N–H and O–H groups in total. The highest BCUT2D eigenvalue weighted by atomic mass is 14.0. The Labute approximate surface area is 79.9 Å². The number of allylic oxidation sites excluding steroid dienone is 3. The molecule has 1 aliphatic rings. The summed E-state index contributed by atoms with van der Waals surface area (Å²) in [6, 6.07) is 8.49. The molecule has 0 fully saturated rings. The Morgan fingerprint density at radius 3 is 2.38 bits per heavy atom. The summed E-state index contributed by atoms with van der Waals surface area (Å²) >= 11 is 0. The standard InChI is InChI=1S/C9H8.C4H6/c1-2-5-9-7-3-6-8(9)4-1;1-3-4-2/h1-6H,7H2;3-4H,1-2H2. The van der Waals surface area contributed by atoms with Gasteiger partial charge in [-0.25, -0.2) is 0 Å². The third-order valence-corrected chi connectivity index (χ3v) is 1.86. The predicted molar refractivity (Wildman–Crippen MR) is 59.6 cm³/mol. The second-order valence-electron chi connectivity index (χ2n) is 2.78. The van der Waals surface area contributed by atoms with Crippen LogP contribution in [0.25, 0.3) is 6.08 Å². The molecule has 0 radical (unpaired) electrons. The summed E-state index contributed by atoms with van der Waals surface area (Å²) in [5.41, 5.74) is 2.84. The number of hydrogen-bond acceptors (Lipinski definition) is 0. The summed E-state index contributed by atoms with van der Waals surface area (Å²) in [5.74, 6) is 0. The molecule has 0 atom stereocenters. The van der Waals surface area contributed by atoms with Crippen molar-refractivity contribution in [3.63, 3.8) is 0 Å². The van der Waals surface area contributed by atoms with Crippen molar-refractivity contribution in [1.82, 2.24) is 0 Å². The van der Waals surface area contributed by atoms with Crippen molar-refractivity contribution in [3.8, 4) is 0 Å². The summed E-state index contributed by atoms with van der Waals surface area (Å²) in [6.07, 6.45) is 8.77. The van der Waals surface area contributed by atoms with Crippen molar-refractivity contribution in [2.45, 2.75) is 6.42 Å². The van der Waals surface area contributed by atoms with Crippen LogP contribution in [0.4, 0.5) is 0 Å². The molecule has 13 heavy (non-hydrogen) atoms. The minimum Gasteiger partial charge on any atom is -0.0991 e. The summed E-state index contributed by atoms with van der Waals surface area (Å²) in [5, 5.41) is 0. The molecule has 0 amide bonds. The highest BCUT2D eigenvalue weighted by Gasteiger charge is 2.00. The van der Waals surface area contributed by atoms with Gasteiger partial charge in [-0.1, -0.05) is 61.7 Å². The van der Waals surface area contributed by atoms with Crippen LogP contribution in [0.1, 0.15) is 11.1 Å². The molecule has 0 nitrogen and oxygen atoms in total. The predicted octanol–water partition coefficient (Wildman–Crippen LogP) is 3.61. The Kier molecular flexibility index (Phi) is 3.77. The van der Waals surface area contributed by atoms with Crippen LogP contribution >= 0.6 is 0 Å². The third-order valence-electron chi connectivity index (χ3n) is 1.86. The van der Waals surface area contributed by atoms with E-state index in [2.05, 4.69) is 49.6 Å². The molecule has 2 rings (SSSR count). The zero-order valence-corrected chi connectivity index (χ0v) is 7.74. The maximum atomic E-state index is 3.36. The van der Waals surface area contributed by atoms with Crippen LogP contribution in [-0.4, -0.2) is 0 Å². The zero-order valence-electron chi connectivity index (χ0n) is 7.74. The van der Waals surface area contributed by atoms with E-state index in [1.165, 1.54) is 11.1 Å². The number of hydrogen-bond donors (Lipinski definition) is 0. The van der Waals surface area contributed by atoms with E-state index in [-0.39, 0.29) is 0 Å².